The number of esters is 1. The third-order valence-electron chi connectivity index (χ3n) is 2.37. The molecule has 1 heterocycles. The summed E-state index contributed by atoms with van der Waals surface area (Å²) < 4.78 is 5.20. The van der Waals surface area contributed by atoms with Gasteiger partial charge in [0.15, 0.2) is 0 Å². The van der Waals surface area contributed by atoms with E-state index in [1.807, 2.05) is 13.0 Å². The highest BCUT2D eigenvalue weighted by Crippen LogP contribution is 2.27. The van der Waals surface area contributed by atoms with E-state index in [4.69, 9.17) is 4.74 Å². The summed E-state index contributed by atoms with van der Waals surface area (Å²) in [6.45, 7) is 4.14. The Labute approximate surface area is 80.0 Å². The Morgan fingerprint density at radius 3 is 2.92 bits per heavy atom. The Balaban J connectivity index is 2.34. The number of hydrogen-bond donors (Lipinski definition) is 0. The fraction of sp³-hybridized carbons (Fsp3) is 0.727. The normalized spacial score (nSPS) is 28.3. The number of unbranched alkanes of at least 4 members (excludes halogenated alkanes) is 2. The quantitative estimate of drug-likeness (QED) is 0.379. The second-order valence-corrected chi connectivity index (χ2v) is 3.83. The van der Waals surface area contributed by atoms with Crippen molar-refractivity contribution in [2.24, 2.45) is 0 Å². The molecule has 1 fully saturated rings. The van der Waals surface area contributed by atoms with E-state index in [0.717, 1.165) is 12.8 Å². The molecule has 74 valence electrons. The average molecular weight is 182 g/mol. The number of rotatable bonds is 4. The van der Waals surface area contributed by atoms with Crippen LogP contribution < -0.4 is 0 Å². The largest absolute Gasteiger partial charge is 0.455 e. The maximum atomic E-state index is 10.9. The lowest BCUT2D eigenvalue weighted by Gasteiger charge is -2.17. The first kappa shape index (κ1) is 10.3. The summed E-state index contributed by atoms with van der Waals surface area (Å²) in [6.07, 6.45) is 9.06. The summed E-state index contributed by atoms with van der Waals surface area (Å²) in [5.74, 6) is -0.0670. The highest BCUT2D eigenvalue weighted by molar-refractivity contribution is 5.72. The van der Waals surface area contributed by atoms with Gasteiger partial charge >= 0.3 is 5.97 Å². The van der Waals surface area contributed by atoms with Crippen LogP contribution in [0.4, 0.5) is 0 Å². The Kier molecular flexibility index (Phi) is 3.52. The van der Waals surface area contributed by atoms with Crippen molar-refractivity contribution in [1.82, 2.24) is 0 Å². The molecular formula is C11H18O2. The van der Waals surface area contributed by atoms with Gasteiger partial charge in [-0.05, 0) is 19.4 Å². The molecule has 0 aliphatic carbocycles. The van der Waals surface area contributed by atoms with Gasteiger partial charge in [-0.3, -0.25) is 4.79 Å². The molecule has 0 aromatic heterocycles. The molecule has 1 unspecified atom stereocenters. The van der Waals surface area contributed by atoms with Crippen molar-refractivity contribution in [1.29, 1.82) is 0 Å². The molecule has 0 amide bonds. The van der Waals surface area contributed by atoms with E-state index in [2.05, 4.69) is 13.0 Å². The Hall–Kier alpha value is -0.790. The molecule has 0 spiro atoms. The highest BCUT2D eigenvalue weighted by atomic mass is 16.6. The summed E-state index contributed by atoms with van der Waals surface area (Å²) in [5.41, 5.74) is -0.315. The van der Waals surface area contributed by atoms with Gasteiger partial charge < -0.3 is 4.74 Å². The van der Waals surface area contributed by atoms with Gasteiger partial charge in [0.05, 0.1) is 0 Å². The van der Waals surface area contributed by atoms with Crippen LogP contribution in [0.25, 0.3) is 0 Å². The fourth-order valence-corrected chi connectivity index (χ4v) is 1.48. The van der Waals surface area contributed by atoms with Crippen LogP contribution in [0, 0.1) is 0 Å². The zero-order chi connectivity index (χ0) is 9.73. The summed E-state index contributed by atoms with van der Waals surface area (Å²) in [4.78, 5) is 10.9. The first-order valence-electron chi connectivity index (χ1n) is 5.06. The number of hydrogen-bond acceptors (Lipinski definition) is 2. The molecule has 1 saturated heterocycles. The van der Waals surface area contributed by atoms with E-state index in [0.29, 0.717) is 6.42 Å². The van der Waals surface area contributed by atoms with Gasteiger partial charge in [-0.1, -0.05) is 25.8 Å². The Morgan fingerprint density at radius 2 is 2.38 bits per heavy atom. The van der Waals surface area contributed by atoms with E-state index in [9.17, 15) is 4.79 Å². The Bertz CT molecular complexity index is 208. The third-order valence-corrected chi connectivity index (χ3v) is 2.37. The van der Waals surface area contributed by atoms with Gasteiger partial charge in [0.25, 0.3) is 0 Å². The van der Waals surface area contributed by atoms with Crippen LogP contribution in [0.3, 0.4) is 0 Å². The summed E-state index contributed by atoms with van der Waals surface area (Å²) in [6, 6.07) is 0. The van der Waals surface area contributed by atoms with Crippen molar-refractivity contribution >= 4 is 5.97 Å². The number of carbonyl (C=O) groups excluding carboxylic acids is 1. The van der Waals surface area contributed by atoms with Gasteiger partial charge in [0, 0.05) is 12.8 Å². The minimum absolute atomic E-state index is 0.0670. The zero-order valence-electron chi connectivity index (χ0n) is 8.51. The van der Waals surface area contributed by atoms with Crippen LogP contribution in [0.1, 0.15) is 46.0 Å². The van der Waals surface area contributed by atoms with Crippen molar-refractivity contribution in [3.05, 3.63) is 12.2 Å². The van der Waals surface area contributed by atoms with Gasteiger partial charge in [0.1, 0.15) is 5.60 Å². The predicted octanol–water partition coefficient (Wildman–Crippen LogP) is 2.83. The minimum atomic E-state index is -0.315. The second kappa shape index (κ2) is 4.45. The second-order valence-electron chi connectivity index (χ2n) is 3.83. The monoisotopic (exact) mass is 182 g/mol. The molecule has 0 saturated carbocycles. The first-order valence-corrected chi connectivity index (χ1v) is 5.06. The van der Waals surface area contributed by atoms with Crippen molar-refractivity contribution < 1.29 is 9.53 Å². The van der Waals surface area contributed by atoms with Gasteiger partial charge in [-0.25, -0.2) is 0 Å². The lowest BCUT2D eigenvalue weighted by Crippen LogP contribution is -2.20. The van der Waals surface area contributed by atoms with Crippen molar-refractivity contribution in [2.75, 3.05) is 0 Å². The molecule has 1 aliphatic rings. The summed E-state index contributed by atoms with van der Waals surface area (Å²) >= 11 is 0. The number of allylic oxidation sites excluding steroid dienone is 1. The molecule has 1 rings (SSSR count). The van der Waals surface area contributed by atoms with Gasteiger partial charge in [-0.15, -0.1) is 0 Å². The number of cyclic esters (lactones) is 1. The molecule has 1 atom stereocenters. The zero-order valence-corrected chi connectivity index (χ0v) is 8.51. The van der Waals surface area contributed by atoms with E-state index < -0.39 is 0 Å². The molecule has 0 radical (unpaired) electrons. The molecule has 0 N–H and O–H groups in total. The summed E-state index contributed by atoms with van der Waals surface area (Å²) in [7, 11) is 0. The highest BCUT2D eigenvalue weighted by Gasteiger charge is 2.32. The van der Waals surface area contributed by atoms with Crippen LogP contribution in [0.5, 0.6) is 0 Å². The van der Waals surface area contributed by atoms with Gasteiger partial charge in [0.2, 0.25) is 0 Å². The topological polar surface area (TPSA) is 26.3 Å². The minimum Gasteiger partial charge on any atom is -0.455 e. The lowest BCUT2D eigenvalue weighted by atomic mass is 10.0. The van der Waals surface area contributed by atoms with E-state index in [-0.39, 0.29) is 11.6 Å². The van der Waals surface area contributed by atoms with E-state index in [1.165, 1.54) is 12.8 Å². The average Bonchev–Trinajstić information content (AvgIpc) is 2.41. The molecule has 1 aliphatic heterocycles. The molecular weight excluding hydrogens is 164 g/mol. The SMILES string of the molecule is CCCCC=CC1(C)CCC(=O)O1. The smallest absolute Gasteiger partial charge is 0.306 e. The fourth-order valence-electron chi connectivity index (χ4n) is 1.48. The first-order chi connectivity index (χ1) is 6.16. The lowest BCUT2D eigenvalue weighted by molar-refractivity contribution is -0.144. The van der Waals surface area contributed by atoms with Crippen molar-refractivity contribution in [3.8, 4) is 0 Å². The predicted molar refractivity (Wildman–Crippen MR) is 52.4 cm³/mol. The van der Waals surface area contributed by atoms with Crippen LogP contribution in [0.2, 0.25) is 0 Å². The molecule has 0 aromatic carbocycles. The maximum Gasteiger partial charge on any atom is 0.306 e. The maximum absolute atomic E-state index is 10.9. The van der Waals surface area contributed by atoms with Crippen LogP contribution in [-0.4, -0.2) is 11.6 Å². The van der Waals surface area contributed by atoms with Gasteiger partial charge in [-0.2, -0.15) is 0 Å². The summed E-state index contributed by atoms with van der Waals surface area (Å²) in [5, 5.41) is 0. The Morgan fingerprint density at radius 1 is 1.62 bits per heavy atom. The molecule has 2 nitrogen and oxygen atoms in total. The van der Waals surface area contributed by atoms with E-state index in [1.54, 1.807) is 0 Å². The van der Waals surface area contributed by atoms with Crippen LogP contribution in [0.15, 0.2) is 12.2 Å². The van der Waals surface area contributed by atoms with Crippen LogP contribution >= 0.6 is 0 Å². The molecule has 0 aromatic rings. The third kappa shape index (κ3) is 3.21. The van der Waals surface area contributed by atoms with E-state index >= 15 is 0 Å². The van der Waals surface area contributed by atoms with Crippen molar-refractivity contribution in [3.63, 3.8) is 0 Å². The van der Waals surface area contributed by atoms with Crippen molar-refractivity contribution in [2.45, 2.75) is 51.6 Å². The van der Waals surface area contributed by atoms with Crippen LogP contribution in [-0.2, 0) is 9.53 Å². The molecule has 2 heteroatoms. The molecule has 13 heavy (non-hydrogen) atoms. The number of carbonyl (C=O) groups is 1. The number of ether oxygens (including phenoxy) is 1. The molecule has 0 bridgehead atoms. The standard InChI is InChI=1S/C11H18O2/c1-3-4-5-6-8-11(2)9-7-10(12)13-11/h6,8H,3-5,7,9H2,1-2H3.